The van der Waals surface area contributed by atoms with Crippen LogP contribution in [0.15, 0.2) is 77.3 Å². The average molecular weight is 503 g/mol. The quantitative estimate of drug-likeness (QED) is 0.107. The van der Waals surface area contributed by atoms with Crippen molar-refractivity contribution >= 4 is 33.9 Å². The van der Waals surface area contributed by atoms with Gasteiger partial charge in [-0.15, -0.1) is 0 Å². The van der Waals surface area contributed by atoms with E-state index in [1.807, 2.05) is 36.4 Å². The minimum atomic E-state index is -0.773. The van der Waals surface area contributed by atoms with Crippen LogP contribution in [-0.2, 0) is 20.7 Å². The first-order chi connectivity index (χ1) is 17.7. The standard InChI is InChI=1S/C30H27FO6/c1-17(2)29(32)35-16-6-7-19-8-10-20(11-9-19)21-12-13-23-22-14-15-24(36-30(33)18(3)4)25(31)26(22)37-28(23)27(21)34-5/h8-15H,1,3,6-7,16H2,2,4-5H3. The zero-order valence-corrected chi connectivity index (χ0v) is 21.0. The van der Waals surface area contributed by atoms with Gasteiger partial charge in [-0.1, -0.05) is 37.4 Å². The van der Waals surface area contributed by atoms with Crippen molar-refractivity contribution in [1.29, 1.82) is 0 Å². The Labute approximate surface area is 213 Å². The molecular formula is C30H27FO6. The number of hydrogen-bond acceptors (Lipinski definition) is 6. The van der Waals surface area contributed by atoms with Gasteiger partial charge in [0.05, 0.1) is 13.7 Å². The van der Waals surface area contributed by atoms with Crippen LogP contribution in [-0.4, -0.2) is 25.7 Å². The van der Waals surface area contributed by atoms with Crippen LogP contribution in [0.4, 0.5) is 4.39 Å². The Morgan fingerprint density at radius 2 is 1.54 bits per heavy atom. The van der Waals surface area contributed by atoms with Crippen LogP contribution in [0.25, 0.3) is 33.1 Å². The highest BCUT2D eigenvalue weighted by Crippen LogP contribution is 2.43. The lowest BCUT2D eigenvalue weighted by molar-refractivity contribution is -0.139. The van der Waals surface area contributed by atoms with Gasteiger partial charge in [-0.2, -0.15) is 4.39 Å². The first kappa shape index (κ1) is 25.7. The molecule has 0 bridgehead atoms. The van der Waals surface area contributed by atoms with Crippen LogP contribution < -0.4 is 9.47 Å². The van der Waals surface area contributed by atoms with Gasteiger partial charge in [-0.05, 0) is 62.1 Å². The third-order valence-electron chi connectivity index (χ3n) is 5.88. The highest BCUT2D eigenvalue weighted by Gasteiger charge is 2.21. The molecule has 1 heterocycles. The first-order valence-electron chi connectivity index (χ1n) is 11.7. The molecule has 0 aliphatic rings. The van der Waals surface area contributed by atoms with Crippen LogP contribution in [0.3, 0.4) is 0 Å². The van der Waals surface area contributed by atoms with Crippen molar-refractivity contribution < 1.29 is 32.6 Å². The zero-order chi connectivity index (χ0) is 26.7. The normalized spacial score (nSPS) is 10.9. The van der Waals surface area contributed by atoms with Crippen molar-refractivity contribution in [2.24, 2.45) is 0 Å². The predicted molar refractivity (Wildman–Crippen MR) is 140 cm³/mol. The van der Waals surface area contributed by atoms with Gasteiger partial charge >= 0.3 is 11.9 Å². The van der Waals surface area contributed by atoms with E-state index in [9.17, 15) is 9.59 Å². The third-order valence-corrected chi connectivity index (χ3v) is 5.88. The van der Waals surface area contributed by atoms with Crippen LogP contribution in [0.1, 0.15) is 25.8 Å². The Kier molecular flexibility index (Phi) is 7.43. The van der Waals surface area contributed by atoms with E-state index < -0.39 is 11.8 Å². The van der Waals surface area contributed by atoms with Crippen LogP contribution >= 0.6 is 0 Å². The van der Waals surface area contributed by atoms with Gasteiger partial charge in [0.1, 0.15) is 0 Å². The third kappa shape index (κ3) is 5.26. The van der Waals surface area contributed by atoms with E-state index >= 15 is 4.39 Å². The molecule has 6 nitrogen and oxygen atoms in total. The number of rotatable bonds is 9. The molecule has 190 valence electrons. The SMILES string of the molecule is C=C(C)C(=O)OCCCc1ccc(-c2ccc3c(oc4c(F)c(OC(=O)C(=C)C)ccc43)c2OC)cc1. The molecule has 0 fully saturated rings. The minimum absolute atomic E-state index is 0.0276. The number of aryl methyl sites for hydroxylation is 1. The van der Waals surface area contributed by atoms with Crippen molar-refractivity contribution in [3.63, 3.8) is 0 Å². The molecule has 1 aromatic heterocycles. The van der Waals surface area contributed by atoms with E-state index in [0.717, 1.165) is 23.1 Å². The predicted octanol–water partition coefficient (Wildman–Crippen LogP) is 6.93. The smallest absolute Gasteiger partial charge is 0.338 e. The summed E-state index contributed by atoms with van der Waals surface area (Å²) in [6.07, 6.45) is 1.45. The van der Waals surface area contributed by atoms with Crippen molar-refractivity contribution in [2.45, 2.75) is 26.7 Å². The van der Waals surface area contributed by atoms with E-state index in [0.29, 0.717) is 40.7 Å². The molecule has 0 saturated heterocycles. The number of esters is 2. The second kappa shape index (κ2) is 10.7. The monoisotopic (exact) mass is 502 g/mol. The van der Waals surface area contributed by atoms with Gasteiger partial charge in [-0.25, -0.2) is 9.59 Å². The summed E-state index contributed by atoms with van der Waals surface area (Å²) in [5.74, 6) is -1.64. The number of hydrogen-bond donors (Lipinski definition) is 0. The Hall–Kier alpha value is -4.39. The fourth-order valence-corrected chi connectivity index (χ4v) is 3.94. The molecule has 0 aliphatic carbocycles. The number of methoxy groups -OCH3 is 1. The zero-order valence-electron chi connectivity index (χ0n) is 21.0. The Morgan fingerprint density at radius 3 is 2.19 bits per heavy atom. The highest BCUT2D eigenvalue weighted by atomic mass is 19.1. The number of halogens is 1. The lowest BCUT2D eigenvalue weighted by Gasteiger charge is -2.10. The summed E-state index contributed by atoms with van der Waals surface area (Å²) < 4.78 is 37.0. The molecule has 0 saturated carbocycles. The fourth-order valence-electron chi connectivity index (χ4n) is 3.94. The van der Waals surface area contributed by atoms with Gasteiger partial charge < -0.3 is 18.6 Å². The molecule has 0 unspecified atom stereocenters. The van der Waals surface area contributed by atoms with Gasteiger partial charge in [0.25, 0.3) is 0 Å². The van der Waals surface area contributed by atoms with Gasteiger partial charge in [0, 0.05) is 27.5 Å². The van der Waals surface area contributed by atoms with Crippen molar-refractivity contribution in [2.75, 3.05) is 13.7 Å². The van der Waals surface area contributed by atoms with Crippen LogP contribution in [0.2, 0.25) is 0 Å². The number of fused-ring (bicyclic) bond motifs is 3. The molecule has 0 radical (unpaired) electrons. The van der Waals surface area contributed by atoms with E-state index in [1.54, 1.807) is 13.0 Å². The Morgan fingerprint density at radius 1 is 0.892 bits per heavy atom. The molecule has 3 aromatic carbocycles. The van der Waals surface area contributed by atoms with E-state index in [4.69, 9.17) is 18.6 Å². The maximum absolute atomic E-state index is 15.2. The number of carbonyl (C=O) groups is 2. The maximum atomic E-state index is 15.2. The van der Waals surface area contributed by atoms with Gasteiger partial charge in [0.2, 0.25) is 5.82 Å². The van der Waals surface area contributed by atoms with E-state index in [1.165, 1.54) is 20.1 Å². The molecule has 37 heavy (non-hydrogen) atoms. The number of ether oxygens (including phenoxy) is 3. The molecule has 4 aromatic rings. The summed E-state index contributed by atoms with van der Waals surface area (Å²) in [4.78, 5) is 23.3. The van der Waals surface area contributed by atoms with Crippen LogP contribution in [0.5, 0.6) is 11.5 Å². The van der Waals surface area contributed by atoms with E-state index in [2.05, 4.69) is 13.2 Å². The summed E-state index contributed by atoms with van der Waals surface area (Å²) in [7, 11) is 1.53. The molecule has 0 aliphatic heterocycles. The second-order valence-corrected chi connectivity index (χ2v) is 8.77. The molecular weight excluding hydrogens is 475 g/mol. The molecule has 0 spiro atoms. The second-order valence-electron chi connectivity index (χ2n) is 8.77. The Bertz CT molecular complexity index is 1530. The van der Waals surface area contributed by atoms with Gasteiger partial charge in [-0.3, -0.25) is 0 Å². The van der Waals surface area contributed by atoms with Crippen molar-refractivity contribution in [1.82, 2.24) is 0 Å². The lowest BCUT2D eigenvalue weighted by atomic mass is 9.99. The summed E-state index contributed by atoms with van der Waals surface area (Å²) in [5, 5.41) is 1.21. The average Bonchev–Trinajstić information content (AvgIpc) is 3.27. The molecule has 0 atom stereocenters. The molecule has 0 N–H and O–H groups in total. The summed E-state index contributed by atoms with van der Waals surface area (Å²) in [6.45, 7) is 10.5. The van der Waals surface area contributed by atoms with Crippen LogP contribution in [0, 0.1) is 5.82 Å². The lowest BCUT2D eigenvalue weighted by Crippen LogP contribution is -2.09. The summed E-state index contributed by atoms with van der Waals surface area (Å²) in [6, 6.07) is 14.7. The Balaban J connectivity index is 1.61. The topological polar surface area (TPSA) is 75.0 Å². The minimum Gasteiger partial charge on any atom is -0.492 e. The van der Waals surface area contributed by atoms with Crippen molar-refractivity contribution in [3.05, 3.63) is 84.2 Å². The molecule has 4 rings (SSSR count). The number of carbonyl (C=O) groups excluding carboxylic acids is 2. The van der Waals surface area contributed by atoms with Gasteiger partial charge in [0.15, 0.2) is 22.7 Å². The molecule has 0 amide bonds. The maximum Gasteiger partial charge on any atom is 0.338 e. The number of furan rings is 1. The summed E-state index contributed by atoms with van der Waals surface area (Å²) >= 11 is 0. The van der Waals surface area contributed by atoms with E-state index in [-0.39, 0.29) is 22.9 Å². The number of benzene rings is 3. The largest absolute Gasteiger partial charge is 0.492 e. The summed E-state index contributed by atoms with van der Waals surface area (Å²) in [5.41, 5.74) is 3.68. The van der Waals surface area contributed by atoms with Crippen molar-refractivity contribution in [3.8, 4) is 22.6 Å². The first-order valence-corrected chi connectivity index (χ1v) is 11.7. The fraction of sp³-hybridized carbons (Fsp3) is 0.200. The molecule has 7 heteroatoms. The highest BCUT2D eigenvalue weighted by molar-refractivity contribution is 6.09.